The minimum Gasteiger partial charge on any atom is -0.315 e. The zero-order valence-electron chi connectivity index (χ0n) is 12.2. The minimum absolute atomic E-state index is 0.0191. The summed E-state index contributed by atoms with van der Waals surface area (Å²) < 4.78 is 0. The molecule has 0 radical (unpaired) electrons. The summed E-state index contributed by atoms with van der Waals surface area (Å²) in [7, 11) is 1.79. The molecule has 0 aliphatic carbocycles. The van der Waals surface area contributed by atoms with E-state index in [-0.39, 0.29) is 17.6 Å². The van der Waals surface area contributed by atoms with Crippen LogP contribution >= 0.6 is 0 Å². The van der Waals surface area contributed by atoms with Crippen molar-refractivity contribution in [1.29, 1.82) is 0 Å². The Kier molecular flexibility index (Phi) is 3.34. The molecule has 1 aliphatic heterocycles. The Morgan fingerprint density at radius 3 is 2.52 bits per heavy atom. The second kappa shape index (κ2) is 5.17. The highest BCUT2D eigenvalue weighted by molar-refractivity contribution is 6.09. The first kappa shape index (κ1) is 13.6. The van der Waals surface area contributed by atoms with Gasteiger partial charge in [0.25, 0.3) is 0 Å². The summed E-state index contributed by atoms with van der Waals surface area (Å²) in [5.41, 5.74) is 3.33. The van der Waals surface area contributed by atoms with Crippen LogP contribution in [0.15, 0.2) is 48.5 Å². The van der Waals surface area contributed by atoms with Crippen molar-refractivity contribution < 1.29 is 9.59 Å². The topological polar surface area (TPSA) is 37.4 Å². The van der Waals surface area contributed by atoms with Crippen molar-refractivity contribution in [2.45, 2.75) is 13.3 Å². The monoisotopic (exact) mass is 279 g/mol. The van der Waals surface area contributed by atoms with Crippen molar-refractivity contribution in [1.82, 2.24) is 0 Å². The summed E-state index contributed by atoms with van der Waals surface area (Å²) in [5, 5.41) is 0. The third-order valence-corrected chi connectivity index (χ3v) is 4.02. The van der Waals surface area contributed by atoms with Crippen LogP contribution in [-0.4, -0.2) is 18.7 Å². The quantitative estimate of drug-likeness (QED) is 0.792. The summed E-state index contributed by atoms with van der Waals surface area (Å²) >= 11 is 0. The minimum atomic E-state index is -0.0374. The number of carbonyl (C=O) groups is 2. The van der Waals surface area contributed by atoms with Gasteiger partial charge in [0.2, 0.25) is 5.91 Å². The number of hydrogen-bond acceptors (Lipinski definition) is 2. The number of fused-ring (bicyclic) bond motifs is 1. The highest BCUT2D eigenvalue weighted by Gasteiger charge is 2.27. The molecule has 2 aromatic rings. The van der Waals surface area contributed by atoms with Crippen molar-refractivity contribution >= 4 is 17.4 Å². The first-order chi connectivity index (χ1) is 10.1. The Morgan fingerprint density at radius 2 is 1.81 bits per heavy atom. The molecule has 21 heavy (non-hydrogen) atoms. The molecule has 3 heteroatoms. The molecular weight excluding hydrogens is 262 g/mol. The van der Waals surface area contributed by atoms with Gasteiger partial charge in [-0.2, -0.15) is 0 Å². The van der Waals surface area contributed by atoms with Gasteiger partial charge in [0.05, 0.1) is 0 Å². The summed E-state index contributed by atoms with van der Waals surface area (Å²) in [6.07, 6.45) is 0.689. The Hall–Kier alpha value is -2.42. The fourth-order valence-electron chi connectivity index (χ4n) is 2.84. The van der Waals surface area contributed by atoms with Crippen LogP contribution in [0.1, 0.15) is 28.4 Å². The van der Waals surface area contributed by atoms with Gasteiger partial charge < -0.3 is 4.90 Å². The molecule has 1 atom stereocenters. The van der Waals surface area contributed by atoms with E-state index in [0.29, 0.717) is 17.5 Å². The molecule has 1 aliphatic rings. The van der Waals surface area contributed by atoms with E-state index < -0.39 is 0 Å². The van der Waals surface area contributed by atoms with Crippen molar-refractivity contribution in [3.8, 4) is 0 Å². The Labute approximate surface area is 124 Å². The molecular formula is C18H17NO2. The van der Waals surface area contributed by atoms with E-state index in [0.717, 1.165) is 11.3 Å². The number of rotatable bonds is 2. The Bertz CT molecular complexity index is 706. The lowest BCUT2D eigenvalue weighted by Gasteiger charge is -2.30. The normalized spacial score (nSPS) is 17.5. The average molecular weight is 279 g/mol. The third kappa shape index (κ3) is 2.35. The molecule has 0 bridgehead atoms. The molecule has 3 rings (SSSR count). The molecule has 0 fully saturated rings. The maximum atomic E-state index is 12.5. The predicted molar refractivity (Wildman–Crippen MR) is 82.6 cm³/mol. The van der Waals surface area contributed by atoms with E-state index in [2.05, 4.69) is 0 Å². The van der Waals surface area contributed by atoms with Crippen LogP contribution in [0.3, 0.4) is 0 Å². The Morgan fingerprint density at radius 1 is 1.10 bits per heavy atom. The van der Waals surface area contributed by atoms with Crippen LogP contribution in [-0.2, 0) is 11.2 Å². The van der Waals surface area contributed by atoms with Gasteiger partial charge in [0.1, 0.15) is 0 Å². The van der Waals surface area contributed by atoms with Crippen LogP contribution in [0, 0.1) is 5.92 Å². The second-order valence-electron chi connectivity index (χ2n) is 5.54. The van der Waals surface area contributed by atoms with Crippen molar-refractivity contribution in [2.75, 3.05) is 11.9 Å². The highest BCUT2D eigenvalue weighted by atomic mass is 16.2. The number of carbonyl (C=O) groups excluding carboxylic acids is 2. The van der Waals surface area contributed by atoms with Crippen molar-refractivity contribution in [3.05, 3.63) is 65.2 Å². The summed E-state index contributed by atoms with van der Waals surface area (Å²) in [6, 6.07) is 14.8. The SMILES string of the molecule is CC1Cc2cc(C(=O)c3ccccc3)ccc2N(C)C1=O. The molecule has 3 nitrogen and oxygen atoms in total. The van der Waals surface area contributed by atoms with Gasteiger partial charge in [0.15, 0.2) is 5.78 Å². The summed E-state index contributed by atoms with van der Waals surface area (Å²) in [4.78, 5) is 26.1. The van der Waals surface area contributed by atoms with Gasteiger partial charge in [-0.3, -0.25) is 9.59 Å². The second-order valence-corrected chi connectivity index (χ2v) is 5.54. The van der Waals surface area contributed by atoms with Gasteiger partial charge >= 0.3 is 0 Å². The predicted octanol–water partition coefficient (Wildman–Crippen LogP) is 3.07. The van der Waals surface area contributed by atoms with Crippen LogP contribution in [0.25, 0.3) is 0 Å². The zero-order valence-corrected chi connectivity index (χ0v) is 12.2. The number of hydrogen-bond donors (Lipinski definition) is 0. The highest BCUT2D eigenvalue weighted by Crippen LogP contribution is 2.30. The average Bonchev–Trinajstić information content (AvgIpc) is 2.52. The third-order valence-electron chi connectivity index (χ3n) is 4.02. The fraction of sp³-hybridized carbons (Fsp3) is 0.222. The van der Waals surface area contributed by atoms with Gasteiger partial charge in [-0.05, 0) is 30.2 Å². The van der Waals surface area contributed by atoms with Crippen LogP contribution in [0.4, 0.5) is 5.69 Å². The molecule has 0 saturated heterocycles. The van der Waals surface area contributed by atoms with Gasteiger partial charge in [-0.15, -0.1) is 0 Å². The van der Waals surface area contributed by atoms with Crippen LogP contribution in [0.5, 0.6) is 0 Å². The fourth-order valence-corrected chi connectivity index (χ4v) is 2.84. The van der Waals surface area contributed by atoms with E-state index in [4.69, 9.17) is 0 Å². The van der Waals surface area contributed by atoms with E-state index in [9.17, 15) is 9.59 Å². The number of ketones is 1. The van der Waals surface area contributed by atoms with Crippen LogP contribution < -0.4 is 4.90 Å². The largest absolute Gasteiger partial charge is 0.315 e. The number of benzene rings is 2. The van der Waals surface area contributed by atoms with E-state index in [1.165, 1.54) is 0 Å². The first-order valence-corrected chi connectivity index (χ1v) is 7.08. The van der Waals surface area contributed by atoms with E-state index >= 15 is 0 Å². The summed E-state index contributed by atoms with van der Waals surface area (Å²) in [6.45, 7) is 1.92. The van der Waals surface area contributed by atoms with Crippen molar-refractivity contribution in [3.63, 3.8) is 0 Å². The van der Waals surface area contributed by atoms with Gasteiger partial charge in [0, 0.05) is 29.8 Å². The smallest absolute Gasteiger partial charge is 0.229 e. The summed E-state index contributed by atoms with van der Waals surface area (Å²) in [5.74, 6) is 0.111. The van der Waals surface area contributed by atoms with E-state index in [1.54, 1.807) is 18.0 Å². The maximum absolute atomic E-state index is 12.5. The molecule has 1 amide bonds. The molecule has 2 aromatic carbocycles. The Balaban J connectivity index is 1.99. The zero-order chi connectivity index (χ0) is 15.0. The molecule has 0 N–H and O–H groups in total. The van der Waals surface area contributed by atoms with E-state index in [1.807, 2.05) is 49.4 Å². The van der Waals surface area contributed by atoms with Crippen molar-refractivity contribution in [2.24, 2.45) is 5.92 Å². The molecule has 0 aromatic heterocycles. The van der Waals surface area contributed by atoms with Gasteiger partial charge in [-0.25, -0.2) is 0 Å². The molecule has 1 unspecified atom stereocenters. The first-order valence-electron chi connectivity index (χ1n) is 7.08. The van der Waals surface area contributed by atoms with Gasteiger partial charge in [-0.1, -0.05) is 37.3 Å². The lowest BCUT2D eigenvalue weighted by molar-refractivity contribution is -0.121. The van der Waals surface area contributed by atoms with Crippen LogP contribution in [0.2, 0.25) is 0 Å². The number of anilines is 1. The maximum Gasteiger partial charge on any atom is 0.229 e. The molecule has 0 spiro atoms. The molecule has 106 valence electrons. The molecule has 0 saturated carbocycles. The molecule has 1 heterocycles. The lowest BCUT2D eigenvalue weighted by atomic mass is 9.91. The number of nitrogens with zero attached hydrogens (tertiary/aromatic N) is 1. The standard InChI is InChI=1S/C18H17NO2/c1-12-10-15-11-14(8-9-16(15)19(2)18(12)21)17(20)13-6-4-3-5-7-13/h3-9,11-12H,10H2,1-2H3. The number of amides is 1. The lowest BCUT2D eigenvalue weighted by Crippen LogP contribution is -2.37.